The van der Waals surface area contributed by atoms with Crippen LogP contribution < -0.4 is 5.32 Å². The molecule has 1 atom stereocenters. The molecule has 0 aromatic heterocycles. The maximum atomic E-state index is 11.1. The second kappa shape index (κ2) is 9.45. The number of nitrogens with one attached hydrogen (secondary N) is 1. The van der Waals surface area contributed by atoms with Gasteiger partial charge in [0.2, 0.25) is 5.91 Å². The van der Waals surface area contributed by atoms with Crippen LogP contribution in [0.3, 0.4) is 0 Å². The Morgan fingerprint density at radius 3 is 2.29 bits per heavy atom. The summed E-state index contributed by atoms with van der Waals surface area (Å²) >= 11 is 0. The lowest BCUT2D eigenvalue weighted by molar-refractivity contribution is -0.121. The van der Waals surface area contributed by atoms with Crippen LogP contribution in [-0.4, -0.2) is 23.7 Å². The first kappa shape index (κ1) is 20.4. The predicted molar refractivity (Wildman–Crippen MR) is 90.5 cm³/mol. The summed E-state index contributed by atoms with van der Waals surface area (Å²) in [5.41, 5.74) is -0.301. The smallest absolute Gasteiger partial charge is 0.217 e. The minimum atomic E-state index is -0.202. The van der Waals surface area contributed by atoms with E-state index in [1.807, 2.05) is 13.8 Å². The third-order valence-corrected chi connectivity index (χ3v) is 4.39. The summed E-state index contributed by atoms with van der Waals surface area (Å²) in [4.78, 5) is 11.1. The Kier molecular flexibility index (Phi) is 9.19. The summed E-state index contributed by atoms with van der Waals surface area (Å²) in [5.74, 6) is 0.571. The summed E-state index contributed by atoms with van der Waals surface area (Å²) in [6, 6.07) is 0. The van der Waals surface area contributed by atoms with E-state index in [1.54, 1.807) is 6.92 Å². The van der Waals surface area contributed by atoms with Crippen molar-refractivity contribution in [2.45, 2.75) is 98.1 Å². The van der Waals surface area contributed by atoms with Crippen molar-refractivity contribution in [1.82, 2.24) is 5.32 Å². The first-order chi connectivity index (χ1) is 9.60. The number of hydrogen-bond donors (Lipinski definition) is 1. The zero-order chi connectivity index (χ0) is 16.5. The minimum absolute atomic E-state index is 0.0172. The zero-order valence-corrected chi connectivity index (χ0v) is 15.3. The highest BCUT2D eigenvalue weighted by Gasteiger charge is 2.27. The molecule has 3 heteroatoms. The predicted octanol–water partition coefficient (Wildman–Crippen LogP) is 4.69. The molecule has 0 bridgehead atoms. The number of carbonyl (C=O) groups excluding carboxylic acids is 1. The Hall–Kier alpha value is -0.570. The lowest BCUT2D eigenvalue weighted by Crippen LogP contribution is -2.44. The third-order valence-electron chi connectivity index (χ3n) is 4.39. The second-order valence-electron chi connectivity index (χ2n) is 7.52. The summed E-state index contributed by atoms with van der Waals surface area (Å²) in [5, 5.41) is 2.96. The average Bonchev–Trinajstić information content (AvgIpc) is 2.32. The molecule has 0 aliphatic carbocycles. The van der Waals surface area contributed by atoms with Crippen molar-refractivity contribution < 1.29 is 9.53 Å². The number of unbranched alkanes of at least 4 members (excludes halogenated alkanes) is 3. The standard InChI is InChI=1S/C18H37NO2/c1-8-9-10-11-12-15(2)18(6,7)21-14-13-17(4,5)19-16(3)20/h15H,8-14H2,1-7H3,(H,19,20). The number of ether oxygens (including phenoxy) is 1. The van der Waals surface area contributed by atoms with E-state index >= 15 is 0 Å². The number of amides is 1. The molecule has 0 aliphatic heterocycles. The molecular weight excluding hydrogens is 262 g/mol. The molecule has 0 saturated heterocycles. The van der Waals surface area contributed by atoms with Crippen molar-refractivity contribution in [2.75, 3.05) is 6.61 Å². The molecule has 0 saturated carbocycles. The molecule has 126 valence electrons. The normalized spacial score (nSPS) is 14.0. The monoisotopic (exact) mass is 299 g/mol. The summed E-state index contributed by atoms with van der Waals surface area (Å²) in [6.45, 7) is 15.2. The van der Waals surface area contributed by atoms with Crippen molar-refractivity contribution in [3.8, 4) is 0 Å². The highest BCUT2D eigenvalue weighted by molar-refractivity contribution is 5.73. The first-order valence-corrected chi connectivity index (χ1v) is 8.53. The van der Waals surface area contributed by atoms with Gasteiger partial charge >= 0.3 is 0 Å². The van der Waals surface area contributed by atoms with Gasteiger partial charge in [-0.1, -0.05) is 39.5 Å². The van der Waals surface area contributed by atoms with Crippen LogP contribution in [0, 0.1) is 5.92 Å². The van der Waals surface area contributed by atoms with Crippen LogP contribution in [-0.2, 0) is 9.53 Å². The van der Waals surface area contributed by atoms with E-state index in [0.29, 0.717) is 12.5 Å². The van der Waals surface area contributed by atoms with Gasteiger partial charge in [-0.3, -0.25) is 4.79 Å². The fourth-order valence-electron chi connectivity index (χ4n) is 2.48. The average molecular weight is 299 g/mol. The topological polar surface area (TPSA) is 38.3 Å². The van der Waals surface area contributed by atoms with Crippen LogP contribution in [0.5, 0.6) is 0 Å². The minimum Gasteiger partial charge on any atom is -0.375 e. The Bertz CT molecular complexity index is 298. The molecule has 0 aliphatic rings. The number of carbonyl (C=O) groups is 1. The van der Waals surface area contributed by atoms with Gasteiger partial charge in [-0.2, -0.15) is 0 Å². The maximum Gasteiger partial charge on any atom is 0.217 e. The third kappa shape index (κ3) is 9.89. The van der Waals surface area contributed by atoms with Crippen LogP contribution in [0.25, 0.3) is 0 Å². The van der Waals surface area contributed by atoms with Crippen LogP contribution in [0.4, 0.5) is 0 Å². The van der Waals surface area contributed by atoms with E-state index in [1.165, 1.54) is 32.1 Å². The SMILES string of the molecule is CCCCCCC(C)C(C)(C)OCCC(C)(C)NC(C)=O. The van der Waals surface area contributed by atoms with Crippen molar-refractivity contribution in [1.29, 1.82) is 0 Å². The molecular formula is C18H37NO2. The Balaban J connectivity index is 4.07. The molecule has 21 heavy (non-hydrogen) atoms. The van der Waals surface area contributed by atoms with E-state index in [-0.39, 0.29) is 17.0 Å². The zero-order valence-electron chi connectivity index (χ0n) is 15.3. The van der Waals surface area contributed by atoms with E-state index < -0.39 is 0 Å². The molecule has 0 fully saturated rings. The first-order valence-electron chi connectivity index (χ1n) is 8.53. The van der Waals surface area contributed by atoms with E-state index in [4.69, 9.17) is 4.74 Å². The number of hydrogen-bond acceptors (Lipinski definition) is 2. The molecule has 0 radical (unpaired) electrons. The molecule has 0 aromatic rings. The van der Waals surface area contributed by atoms with E-state index in [0.717, 1.165) is 6.42 Å². The fraction of sp³-hybridized carbons (Fsp3) is 0.944. The maximum absolute atomic E-state index is 11.1. The van der Waals surface area contributed by atoms with Crippen LogP contribution in [0.15, 0.2) is 0 Å². The molecule has 1 unspecified atom stereocenters. The van der Waals surface area contributed by atoms with Gasteiger partial charge < -0.3 is 10.1 Å². The van der Waals surface area contributed by atoms with Crippen molar-refractivity contribution in [2.24, 2.45) is 5.92 Å². The van der Waals surface area contributed by atoms with Crippen molar-refractivity contribution in [3.63, 3.8) is 0 Å². The van der Waals surface area contributed by atoms with Crippen LogP contribution >= 0.6 is 0 Å². The molecule has 3 nitrogen and oxygen atoms in total. The van der Waals surface area contributed by atoms with Crippen LogP contribution in [0.1, 0.15) is 87.0 Å². The van der Waals surface area contributed by atoms with Gasteiger partial charge in [0, 0.05) is 19.1 Å². The van der Waals surface area contributed by atoms with E-state index in [9.17, 15) is 4.79 Å². The highest BCUT2D eigenvalue weighted by Crippen LogP contribution is 2.27. The van der Waals surface area contributed by atoms with Gasteiger partial charge in [-0.25, -0.2) is 0 Å². The molecule has 0 heterocycles. The summed E-state index contributed by atoms with van der Waals surface area (Å²) < 4.78 is 6.11. The van der Waals surface area contributed by atoms with Gasteiger partial charge in [0.15, 0.2) is 0 Å². The van der Waals surface area contributed by atoms with Crippen LogP contribution in [0.2, 0.25) is 0 Å². The van der Waals surface area contributed by atoms with Gasteiger partial charge in [0.05, 0.1) is 5.60 Å². The molecule has 0 aromatic carbocycles. The molecule has 1 N–H and O–H groups in total. The van der Waals surface area contributed by atoms with Gasteiger partial charge in [0.1, 0.15) is 0 Å². The lowest BCUT2D eigenvalue weighted by atomic mass is 9.87. The van der Waals surface area contributed by atoms with E-state index in [2.05, 4.69) is 33.0 Å². The fourth-order valence-corrected chi connectivity index (χ4v) is 2.48. The molecule has 1 amide bonds. The second-order valence-corrected chi connectivity index (χ2v) is 7.52. The molecule has 0 rings (SSSR count). The Labute approximate surface area is 132 Å². The van der Waals surface area contributed by atoms with Gasteiger partial charge in [-0.05, 0) is 46.5 Å². The largest absolute Gasteiger partial charge is 0.375 e. The quantitative estimate of drug-likeness (QED) is 0.562. The summed E-state index contributed by atoms with van der Waals surface area (Å²) in [7, 11) is 0. The molecule has 0 spiro atoms. The lowest BCUT2D eigenvalue weighted by Gasteiger charge is -2.34. The van der Waals surface area contributed by atoms with Gasteiger partial charge in [0.25, 0.3) is 0 Å². The Morgan fingerprint density at radius 2 is 1.76 bits per heavy atom. The number of rotatable bonds is 11. The van der Waals surface area contributed by atoms with Crippen molar-refractivity contribution >= 4 is 5.91 Å². The summed E-state index contributed by atoms with van der Waals surface area (Å²) in [6.07, 6.45) is 7.29. The van der Waals surface area contributed by atoms with Gasteiger partial charge in [-0.15, -0.1) is 0 Å². The van der Waals surface area contributed by atoms with Crippen molar-refractivity contribution in [3.05, 3.63) is 0 Å². The highest BCUT2D eigenvalue weighted by atomic mass is 16.5. The Morgan fingerprint density at radius 1 is 1.14 bits per heavy atom.